The Bertz CT molecular complexity index is 1680. The second-order valence-electron chi connectivity index (χ2n) is 9.95. The number of rotatable bonds is 7. The fourth-order valence-corrected chi connectivity index (χ4v) is 5.10. The normalized spacial score (nSPS) is 14.6. The maximum absolute atomic E-state index is 12.8. The van der Waals surface area contributed by atoms with Crippen LogP contribution in [0.3, 0.4) is 0 Å². The summed E-state index contributed by atoms with van der Waals surface area (Å²) in [6.45, 7) is 3.57. The molecule has 2 heterocycles. The maximum atomic E-state index is 12.8. The van der Waals surface area contributed by atoms with Crippen molar-refractivity contribution in [2.24, 2.45) is 0 Å². The largest absolute Gasteiger partial charge is 0.481 e. The number of benzene rings is 3. The summed E-state index contributed by atoms with van der Waals surface area (Å²) in [5, 5.41) is 17.5. The smallest absolute Gasteiger partial charge is 0.412 e. The molecule has 0 bridgehead atoms. The van der Waals surface area contributed by atoms with Crippen LogP contribution < -0.4 is 5.32 Å². The van der Waals surface area contributed by atoms with Gasteiger partial charge in [-0.15, -0.1) is 0 Å². The fraction of sp³-hybridized carbons (Fsp3) is 0.194. The van der Waals surface area contributed by atoms with Crippen molar-refractivity contribution in [2.75, 3.05) is 5.32 Å². The van der Waals surface area contributed by atoms with Crippen LogP contribution in [0, 0.1) is 6.92 Å². The lowest BCUT2D eigenvalue weighted by Crippen LogP contribution is -2.19. The molecule has 39 heavy (non-hydrogen) atoms. The minimum Gasteiger partial charge on any atom is -0.481 e. The fourth-order valence-electron chi connectivity index (χ4n) is 5.10. The van der Waals surface area contributed by atoms with Gasteiger partial charge < -0.3 is 19.4 Å². The monoisotopic (exact) mass is 521 g/mol. The molecule has 3 aromatic carbocycles. The van der Waals surface area contributed by atoms with Gasteiger partial charge in [-0.25, -0.2) is 4.79 Å². The first-order valence-corrected chi connectivity index (χ1v) is 12.8. The molecule has 1 atom stereocenters. The van der Waals surface area contributed by atoms with Gasteiger partial charge in [0.05, 0.1) is 10.9 Å². The predicted octanol–water partition coefficient (Wildman–Crippen LogP) is 7.22. The van der Waals surface area contributed by atoms with E-state index in [-0.39, 0.29) is 0 Å². The molecule has 1 amide bonds. The van der Waals surface area contributed by atoms with Crippen LogP contribution in [0.1, 0.15) is 42.7 Å². The van der Waals surface area contributed by atoms with E-state index >= 15 is 0 Å². The number of anilines is 1. The molecule has 1 aliphatic carbocycles. The van der Waals surface area contributed by atoms with Crippen LogP contribution in [0.5, 0.6) is 0 Å². The number of carboxylic acids is 1. The van der Waals surface area contributed by atoms with Crippen LogP contribution in [0.15, 0.2) is 83.5 Å². The minimum absolute atomic E-state index is 0.420. The van der Waals surface area contributed by atoms with E-state index in [2.05, 4.69) is 15.5 Å². The number of nitrogens with zero attached hydrogens (tertiary/aromatic N) is 1. The molecule has 1 aliphatic rings. The molecule has 2 aromatic heterocycles. The molecule has 8 nitrogen and oxygen atoms in total. The number of hydrogen-bond acceptors (Lipinski definition) is 5. The molecule has 196 valence electrons. The number of aromatic nitrogens is 2. The van der Waals surface area contributed by atoms with Gasteiger partial charge in [-0.3, -0.25) is 10.1 Å². The number of carbonyl (C=O) groups excluding carboxylic acids is 1. The van der Waals surface area contributed by atoms with Gasteiger partial charge in [0.1, 0.15) is 17.5 Å². The summed E-state index contributed by atoms with van der Waals surface area (Å²) in [5.41, 5.74) is 5.49. The number of amides is 1. The van der Waals surface area contributed by atoms with Gasteiger partial charge in [0.15, 0.2) is 5.76 Å². The Morgan fingerprint density at radius 3 is 2.44 bits per heavy atom. The number of aliphatic carboxylic acids is 1. The number of ether oxygens (including phenoxy) is 1. The molecule has 1 unspecified atom stereocenters. The van der Waals surface area contributed by atoms with Crippen molar-refractivity contribution in [3.8, 4) is 22.5 Å². The van der Waals surface area contributed by atoms with E-state index in [1.807, 2.05) is 85.9 Å². The Hall–Kier alpha value is -4.85. The van der Waals surface area contributed by atoms with Gasteiger partial charge in [-0.1, -0.05) is 65.8 Å². The van der Waals surface area contributed by atoms with Crippen molar-refractivity contribution >= 4 is 28.7 Å². The Morgan fingerprint density at radius 2 is 1.74 bits per heavy atom. The summed E-state index contributed by atoms with van der Waals surface area (Å²) in [7, 11) is 0. The minimum atomic E-state index is -0.766. The van der Waals surface area contributed by atoms with Gasteiger partial charge in [0.25, 0.3) is 0 Å². The Balaban J connectivity index is 1.29. The van der Waals surface area contributed by atoms with Crippen molar-refractivity contribution < 1.29 is 24.0 Å². The van der Waals surface area contributed by atoms with Gasteiger partial charge in [-0.05, 0) is 61.1 Å². The van der Waals surface area contributed by atoms with Crippen LogP contribution in [0.25, 0.3) is 33.4 Å². The molecule has 0 radical (unpaired) electrons. The molecule has 8 heteroatoms. The van der Waals surface area contributed by atoms with Crippen molar-refractivity contribution in [3.63, 3.8) is 0 Å². The zero-order chi connectivity index (χ0) is 27.1. The summed E-state index contributed by atoms with van der Waals surface area (Å²) in [6.07, 6.45) is 2.16. The van der Waals surface area contributed by atoms with E-state index in [1.54, 1.807) is 6.92 Å². The van der Waals surface area contributed by atoms with E-state index in [0.29, 0.717) is 30.0 Å². The number of H-pyrrole nitrogens is 1. The Labute approximate surface area is 224 Å². The summed E-state index contributed by atoms with van der Waals surface area (Å²) in [4.78, 5) is 27.8. The summed E-state index contributed by atoms with van der Waals surface area (Å²) in [5.74, 6) is -0.346. The molecule has 5 aromatic rings. The van der Waals surface area contributed by atoms with E-state index in [1.165, 1.54) is 0 Å². The van der Waals surface area contributed by atoms with Crippen LogP contribution >= 0.6 is 0 Å². The van der Waals surface area contributed by atoms with Crippen molar-refractivity contribution in [3.05, 3.63) is 95.8 Å². The summed E-state index contributed by atoms with van der Waals surface area (Å²) < 4.78 is 11.3. The third-order valence-electron chi connectivity index (χ3n) is 7.52. The molecule has 6 rings (SSSR count). The second-order valence-corrected chi connectivity index (χ2v) is 9.95. The lowest BCUT2D eigenvalue weighted by atomic mass is 9.92. The summed E-state index contributed by atoms with van der Waals surface area (Å²) >= 11 is 0. The first kappa shape index (κ1) is 24.5. The van der Waals surface area contributed by atoms with Crippen molar-refractivity contribution in [2.45, 2.75) is 38.2 Å². The highest BCUT2D eigenvalue weighted by atomic mass is 16.6. The first-order valence-electron chi connectivity index (χ1n) is 12.8. The molecular weight excluding hydrogens is 494 g/mol. The lowest BCUT2D eigenvalue weighted by molar-refractivity contribution is -0.140. The van der Waals surface area contributed by atoms with Crippen LogP contribution in [-0.4, -0.2) is 27.3 Å². The first-order chi connectivity index (χ1) is 18.9. The number of aryl methyl sites for hydroxylation is 1. The van der Waals surface area contributed by atoms with Crippen LogP contribution in [-0.2, 0) is 14.9 Å². The van der Waals surface area contributed by atoms with E-state index in [9.17, 15) is 14.7 Å². The van der Waals surface area contributed by atoms with E-state index in [0.717, 1.165) is 38.7 Å². The number of carbonyl (C=O) groups is 2. The zero-order valence-corrected chi connectivity index (χ0v) is 21.5. The number of aromatic amines is 1. The Morgan fingerprint density at radius 1 is 1.03 bits per heavy atom. The highest BCUT2D eigenvalue weighted by Gasteiger charge is 2.51. The lowest BCUT2D eigenvalue weighted by Gasteiger charge is -2.14. The van der Waals surface area contributed by atoms with Gasteiger partial charge in [-0.2, -0.15) is 0 Å². The molecule has 0 aliphatic heterocycles. The van der Waals surface area contributed by atoms with Gasteiger partial charge in [0, 0.05) is 17.1 Å². The van der Waals surface area contributed by atoms with Gasteiger partial charge >= 0.3 is 12.1 Å². The average Bonchev–Trinajstić information content (AvgIpc) is 3.49. The van der Waals surface area contributed by atoms with E-state index in [4.69, 9.17) is 9.26 Å². The topological polar surface area (TPSA) is 117 Å². The maximum Gasteiger partial charge on any atom is 0.412 e. The third-order valence-corrected chi connectivity index (χ3v) is 7.52. The highest BCUT2D eigenvalue weighted by molar-refractivity contribution is 6.05. The van der Waals surface area contributed by atoms with Crippen molar-refractivity contribution in [1.82, 2.24) is 10.1 Å². The van der Waals surface area contributed by atoms with Gasteiger partial charge in [0.2, 0.25) is 0 Å². The third kappa shape index (κ3) is 4.33. The number of nitrogens with one attached hydrogen (secondary N) is 2. The SMILES string of the molecule is Cc1noc(-c2ccc(-c3ccc(C4(C(=O)O)CC4)cc3)c3cc[nH]c23)c1NC(=O)OC(C)c1ccccc1. The molecule has 0 spiro atoms. The standard InChI is InChI=1S/C31H27N3O5/c1-18-26(33-30(37)38-19(2)20-6-4-3-5-7-20)28(39-34-18)25-13-12-23(24-14-17-32-27(24)25)21-8-10-22(11-9-21)31(15-16-31)29(35)36/h3-14,17,19,32H,15-16H2,1-2H3,(H,33,37)(H,35,36). The predicted molar refractivity (Wildman–Crippen MR) is 147 cm³/mol. The van der Waals surface area contributed by atoms with E-state index < -0.39 is 23.6 Å². The average molecular weight is 522 g/mol. The second kappa shape index (κ2) is 9.47. The molecule has 0 saturated heterocycles. The van der Waals surface area contributed by atoms with Crippen molar-refractivity contribution in [1.29, 1.82) is 0 Å². The molecule has 3 N–H and O–H groups in total. The molecule has 1 fully saturated rings. The Kier molecular flexibility index (Phi) is 5.95. The number of hydrogen-bond donors (Lipinski definition) is 3. The van der Waals surface area contributed by atoms with Crippen LogP contribution in [0.4, 0.5) is 10.5 Å². The van der Waals surface area contributed by atoms with Crippen LogP contribution in [0.2, 0.25) is 0 Å². The zero-order valence-electron chi connectivity index (χ0n) is 21.5. The molecular formula is C31H27N3O5. The summed E-state index contributed by atoms with van der Waals surface area (Å²) in [6, 6.07) is 23.2. The molecule has 1 saturated carbocycles. The quantitative estimate of drug-likeness (QED) is 0.208. The number of carboxylic acid groups (broad SMARTS) is 1. The highest BCUT2D eigenvalue weighted by Crippen LogP contribution is 2.49. The number of fused-ring (bicyclic) bond motifs is 1.